The van der Waals surface area contributed by atoms with Crippen LogP contribution in [0, 0.1) is 19.3 Å². The normalized spacial score (nSPS) is 11.6. The molecular weight excluding hydrogens is 254 g/mol. The van der Waals surface area contributed by atoms with Gasteiger partial charge in [-0.2, -0.15) is 0 Å². The molecule has 0 aliphatic carbocycles. The van der Waals surface area contributed by atoms with E-state index in [1.54, 1.807) is 11.3 Å². The van der Waals surface area contributed by atoms with Crippen molar-refractivity contribution in [1.29, 1.82) is 0 Å². The van der Waals surface area contributed by atoms with E-state index in [9.17, 15) is 4.79 Å². The molecule has 0 saturated carbocycles. The first-order valence-corrected chi connectivity index (χ1v) is 7.12. The minimum atomic E-state index is 0.0221. The second kappa shape index (κ2) is 5.87. The molecule has 1 amide bonds. The fraction of sp³-hybridized carbons (Fsp3) is 0.615. The van der Waals surface area contributed by atoms with Gasteiger partial charge in [0.05, 0.1) is 4.88 Å². The Hall–Kier alpha value is -0.540. The molecule has 4 heteroatoms. The third-order valence-corrected chi connectivity index (χ3v) is 4.23. The molecule has 0 aliphatic heterocycles. The zero-order chi connectivity index (χ0) is 13.1. The number of carbonyl (C=O) groups is 1. The SMILES string of the molecule is Cc1cc(C(=O)NCC(C)(C)CCCl)sc1C. The minimum Gasteiger partial charge on any atom is -0.351 e. The Labute approximate surface area is 112 Å². The van der Waals surface area contributed by atoms with Crippen molar-refractivity contribution in [3.8, 4) is 0 Å². The molecule has 0 atom stereocenters. The summed E-state index contributed by atoms with van der Waals surface area (Å²) in [6, 6.07) is 1.95. The number of nitrogens with one attached hydrogen (secondary N) is 1. The first kappa shape index (κ1) is 14.5. The molecule has 17 heavy (non-hydrogen) atoms. The van der Waals surface area contributed by atoms with E-state index in [0.717, 1.165) is 11.3 Å². The highest BCUT2D eigenvalue weighted by atomic mass is 35.5. The maximum atomic E-state index is 11.9. The molecule has 1 rings (SSSR count). The van der Waals surface area contributed by atoms with Crippen LogP contribution in [-0.4, -0.2) is 18.3 Å². The molecule has 1 aromatic heterocycles. The Bertz CT molecular complexity index is 379. The van der Waals surface area contributed by atoms with Crippen molar-refractivity contribution in [2.75, 3.05) is 12.4 Å². The van der Waals surface area contributed by atoms with E-state index in [-0.39, 0.29) is 11.3 Å². The van der Waals surface area contributed by atoms with Gasteiger partial charge >= 0.3 is 0 Å². The van der Waals surface area contributed by atoms with Crippen molar-refractivity contribution in [2.45, 2.75) is 34.1 Å². The van der Waals surface area contributed by atoms with Crippen LogP contribution in [0.2, 0.25) is 0 Å². The number of thiophene rings is 1. The van der Waals surface area contributed by atoms with E-state index < -0.39 is 0 Å². The van der Waals surface area contributed by atoms with E-state index in [0.29, 0.717) is 12.4 Å². The molecule has 0 aromatic carbocycles. The average Bonchev–Trinajstić information content (AvgIpc) is 2.56. The Morgan fingerprint density at radius 3 is 2.59 bits per heavy atom. The number of alkyl halides is 1. The molecule has 2 nitrogen and oxygen atoms in total. The van der Waals surface area contributed by atoms with Crippen LogP contribution in [-0.2, 0) is 0 Å². The number of rotatable bonds is 5. The fourth-order valence-electron chi connectivity index (χ4n) is 1.44. The molecule has 0 fully saturated rings. The summed E-state index contributed by atoms with van der Waals surface area (Å²) in [7, 11) is 0. The van der Waals surface area contributed by atoms with Gasteiger partial charge in [0, 0.05) is 17.3 Å². The van der Waals surface area contributed by atoms with Crippen molar-refractivity contribution >= 4 is 28.8 Å². The summed E-state index contributed by atoms with van der Waals surface area (Å²) in [5, 5.41) is 2.98. The van der Waals surface area contributed by atoms with Gasteiger partial charge in [0.1, 0.15) is 0 Å². The maximum absolute atomic E-state index is 11.9. The van der Waals surface area contributed by atoms with Gasteiger partial charge < -0.3 is 5.32 Å². The van der Waals surface area contributed by atoms with Crippen molar-refractivity contribution in [3.05, 3.63) is 21.4 Å². The van der Waals surface area contributed by atoms with Crippen LogP contribution in [0.4, 0.5) is 0 Å². The maximum Gasteiger partial charge on any atom is 0.261 e. The predicted molar refractivity (Wildman–Crippen MR) is 75.2 cm³/mol. The second-order valence-corrected chi connectivity index (χ2v) is 6.77. The third-order valence-electron chi connectivity index (χ3n) is 2.89. The molecular formula is C13H20ClNOS. The zero-order valence-electron chi connectivity index (χ0n) is 10.9. The van der Waals surface area contributed by atoms with E-state index in [2.05, 4.69) is 19.2 Å². The lowest BCUT2D eigenvalue weighted by atomic mass is 9.90. The van der Waals surface area contributed by atoms with E-state index >= 15 is 0 Å². The molecule has 1 aromatic rings. The summed E-state index contributed by atoms with van der Waals surface area (Å²) < 4.78 is 0. The van der Waals surface area contributed by atoms with E-state index in [4.69, 9.17) is 11.6 Å². The Balaban J connectivity index is 2.56. The average molecular weight is 274 g/mol. The van der Waals surface area contributed by atoms with E-state index in [1.165, 1.54) is 10.4 Å². The van der Waals surface area contributed by atoms with Gasteiger partial charge in [0.25, 0.3) is 5.91 Å². The van der Waals surface area contributed by atoms with Crippen molar-refractivity contribution in [1.82, 2.24) is 5.32 Å². The van der Waals surface area contributed by atoms with Crippen molar-refractivity contribution in [3.63, 3.8) is 0 Å². The number of amides is 1. The molecule has 0 aliphatic rings. The molecule has 1 heterocycles. The molecule has 0 spiro atoms. The van der Waals surface area contributed by atoms with Crippen molar-refractivity contribution in [2.24, 2.45) is 5.41 Å². The fourth-order valence-corrected chi connectivity index (χ4v) is 2.90. The zero-order valence-corrected chi connectivity index (χ0v) is 12.5. The molecule has 0 saturated heterocycles. The van der Waals surface area contributed by atoms with E-state index in [1.807, 2.05) is 19.9 Å². The summed E-state index contributed by atoms with van der Waals surface area (Å²) in [6.07, 6.45) is 0.900. The number of halogens is 1. The molecule has 1 N–H and O–H groups in total. The van der Waals surface area contributed by atoms with Gasteiger partial charge in [0.15, 0.2) is 0 Å². The number of hydrogen-bond donors (Lipinski definition) is 1. The van der Waals surface area contributed by atoms with Crippen LogP contribution in [0.3, 0.4) is 0 Å². The van der Waals surface area contributed by atoms with Gasteiger partial charge in [-0.1, -0.05) is 13.8 Å². The lowest BCUT2D eigenvalue weighted by Gasteiger charge is -2.23. The molecule has 96 valence electrons. The Kier molecular flexibility index (Phi) is 5.02. The van der Waals surface area contributed by atoms with Crippen molar-refractivity contribution < 1.29 is 4.79 Å². The second-order valence-electron chi connectivity index (χ2n) is 5.14. The highest BCUT2D eigenvalue weighted by molar-refractivity contribution is 7.14. The summed E-state index contributed by atoms with van der Waals surface area (Å²) in [5.74, 6) is 0.647. The largest absolute Gasteiger partial charge is 0.351 e. The van der Waals surface area contributed by atoms with Crippen LogP contribution < -0.4 is 5.32 Å². The van der Waals surface area contributed by atoms with Crippen LogP contribution in [0.25, 0.3) is 0 Å². The first-order chi connectivity index (χ1) is 7.85. The van der Waals surface area contributed by atoms with Crippen LogP contribution >= 0.6 is 22.9 Å². The van der Waals surface area contributed by atoms with Gasteiger partial charge in [-0.05, 0) is 37.3 Å². The topological polar surface area (TPSA) is 29.1 Å². The molecule has 0 bridgehead atoms. The summed E-state index contributed by atoms with van der Waals surface area (Å²) in [4.78, 5) is 13.9. The standard InChI is InChI=1S/C13H20ClNOS/c1-9-7-11(17-10(9)2)12(16)15-8-13(3,4)5-6-14/h7H,5-6,8H2,1-4H3,(H,15,16). The Morgan fingerprint density at radius 2 is 2.12 bits per heavy atom. The first-order valence-electron chi connectivity index (χ1n) is 5.77. The third kappa shape index (κ3) is 4.32. The number of hydrogen-bond acceptors (Lipinski definition) is 2. The monoisotopic (exact) mass is 273 g/mol. The summed E-state index contributed by atoms with van der Waals surface area (Å²) in [6.45, 7) is 8.95. The highest BCUT2D eigenvalue weighted by Crippen LogP contribution is 2.22. The van der Waals surface area contributed by atoms with Crippen LogP contribution in [0.15, 0.2) is 6.07 Å². The quantitative estimate of drug-likeness (QED) is 0.814. The summed E-state index contributed by atoms with van der Waals surface area (Å²) in [5.41, 5.74) is 1.24. The number of aryl methyl sites for hydroxylation is 2. The van der Waals surface area contributed by atoms with Gasteiger partial charge in [-0.25, -0.2) is 0 Å². The van der Waals surface area contributed by atoms with Gasteiger partial charge in [0.2, 0.25) is 0 Å². The molecule has 0 radical (unpaired) electrons. The summed E-state index contributed by atoms with van der Waals surface area (Å²) >= 11 is 7.28. The lowest BCUT2D eigenvalue weighted by Crippen LogP contribution is -2.33. The lowest BCUT2D eigenvalue weighted by molar-refractivity contribution is 0.0940. The Morgan fingerprint density at radius 1 is 1.47 bits per heavy atom. The highest BCUT2D eigenvalue weighted by Gasteiger charge is 2.19. The van der Waals surface area contributed by atoms with Crippen LogP contribution in [0.1, 0.15) is 40.4 Å². The van der Waals surface area contributed by atoms with Gasteiger partial charge in [-0.15, -0.1) is 22.9 Å². The molecule has 0 unspecified atom stereocenters. The van der Waals surface area contributed by atoms with Gasteiger partial charge in [-0.3, -0.25) is 4.79 Å². The smallest absolute Gasteiger partial charge is 0.261 e. The van der Waals surface area contributed by atoms with Crippen LogP contribution in [0.5, 0.6) is 0 Å². The number of carbonyl (C=O) groups excluding carboxylic acids is 1. The minimum absolute atomic E-state index is 0.0221. The predicted octanol–water partition coefficient (Wildman–Crippen LogP) is 3.75.